The molecule has 29 heavy (non-hydrogen) atoms. The van der Waals surface area contributed by atoms with Crippen molar-refractivity contribution in [1.82, 2.24) is 0 Å². The molecule has 2 heterocycles. The van der Waals surface area contributed by atoms with Crippen LogP contribution in [0.2, 0.25) is 0 Å². The Hall–Kier alpha value is -1.54. The summed E-state index contributed by atoms with van der Waals surface area (Å²) in [5.41, 5.74) is 0.512. The van der Waals surface area contributed by atoms with Gasteiger partial charge in [0.15, 0.2) is 12.6 Å². The van der Waals surface area contributed by atoms with Gasteiger partial charge >= 0.3 is 5.97 Å². The zero-order valence-corrected chi connectivity index (χ0v) is 18.1. The maximum atomic E-state index is 12.1. The number of hydrogen-bond acceptors (Lipinski definition) is 7. The number of methoxy groups -OCH3 is 1. The van der Waals surface area contributed by atoms with E-state index in [0.717, 1.165) is 5.75 Å². The first-order valence-electron chi connectivity index (χ1n) is 9.93. The summed E-state index contributed by atoms with van der Waals surface area (Å²) >= 11 is 1.74. The highest BCUT2D eigenvalue weighted by molar-refractivity contribution is 7.99. The normalized spacial score (nSPS) is 24.4. The number of hydrogen-bond donors (Lipinski definition) is 0. The van der Waals surface area contributed by atoms with E-state index in [0.29, 0.717) is 38.2 Å². The topological polar surface area (TPSA) is 63.2 Å². The minimum Gasteiger partial charge on any atom is -0.472 e. The number of esters is 1. The molecule has 6 nitrogen and oxygen atoms in total. The summed E-state index contributed by atoms with van der Waals surface area (Å²) in [6.07, 6.45) is 1.86. The smallest absolute Gasteiger partial charge is 0.337 e. The van der Waals surface area contributed by atoms with Crippen LogP contribution < -0.4 is 0 Å². The highest BCUT2D eigenvalue weighted by Gasteiger charge is 2.36. The molecule has 2 aliphatic heterocycles. The van der Waals surface area contributed by atoms with Crippen LogP contribution in [0.25, 0.3) is 0 Å². The molecule has 0 radical (unpaired) electrons. The fourth-order valence-corrected chi connectivity index (χ4v) is 4.04. The van der Waals surface area contributed by atoms with Crippen molar-refractivity contribution in [3.8, 4) is 0 Å². The van der Waals surface area contributed by atoms with Crippen LogP contribution in [0.3, 0.4) is 0 Å². The Morgan fingerprint density at radius 2 is 1.93 bits per heavy atom. The Bertz CT molecular complexity index is 680. The first-order chi connectivity index (χ1) is 14.0. The van der Waals surface area contributed by atoms with E-state index in [1.165, 1.54) is 18.3 Å². The SMILES string of the molecule is COC(=O)C1=CO[C@H](OCCSc2ccccc2)C[C@@H]1CC1OCC(C)(C)CO1. The average Bonchev–Trinajstić information content (AvgIpc) is 2.73. The van der Waals surface area contributed by atoms with E-state index in [4.69, 9.17) is 23.7 Å². The fraction of sp³-hybridized carbons (Fsp3) is 0.591. The van der Waals surface area contributed by atoms with Gasteiger partial charge in [-0.2, -0.15) is 0 Å². The van der Waals surface area contributed by atoms with Crippen LogP contribution in [0.5, 0.6) is 0 Å². The highest BCUT2D eigenvalue weighted by Crippen LogP contribution is 2.33. The fourth-order valence-electron chi connectivity index (χ4n) is 3.27. The van der Waals surface area contributed by atoms with Gasteiger partial charge < -0.3 is 23.7 Å². The number of benzene rings is 1. The van der Waals surface area contributed by atoms with E-state index in [2.05, 4.69) is 26.0 Å². The van der Waals surface area contributed by atoms with Crippen LogP contribution in [0.4, 0.5) is 0 Å². The van der Waals surface area contributed by atoms with Crippen molar-refractivity contribution in [3.63, 3.8) is 0 Å². The van der Waals surface area contributed by atoms with Gasteiger partial charge in [0.05, 0.1) is 38.8 Å². The van der Waals surface area contributed by atoms with Gasteiger partial charge in [-0.05, 0) is 12.1 Å². The van der Waals surface area contributed by atoms with Gasteiger partial charge in [-0.15, -0.1) is 11.8 Å². The number of carbonyl (C=O) groups excluding carboxylic acids is 1. The van der Waals surface area contributed by atoms with Gasteiger partial charge in [0.1, 0.15) is 0 Å². The van der Waals surface area contributed by atoms with Crippen LogP contribution in [-0.2, 0) is 28.5 Å². The second-order valence-electron chi connectivity index (χ2n) is 8.05. The maximum Gasteiger partial charge on any atom is 0.337 e. The minimum absolute atomic E-state index is 0.00919. The second kappa shape index (κ2) is 10.5. The number of ether oxygens (including phenoxy) is 5. The third-order valence-corrected chi connectivity index (χ3v) is 5.86. The van der Waals surface area contributed by atoms with Crippen LogP contribution in [-0.4, -0.2) is 51.2 Å². The summed E-state index contributed by atoms with van der Waals surface area (Å²) in [6.45, 7) is 6.04. The van der Waals surface area contributed by atoms with Crippen molar-refractivity contribution < 1.29 is 28.5 Å². The Labute approximate surface area is 176 Å². The van der Waals surface area contributed by atoms with E-state index in [1.54, 1.807) is 11.8 Å². The molecule has 0 bridgehead atoms. The summed E-state index contributed by atoms with van der Waals surface area (Å²) in [5.74, 6) is 0.338. The summed E-state index contributed by atoms with van der Waals surface area (Å²) in [7, 11) is 1.37. The largest absolute Gasteiger partial charge is 0.472 e. The molecule has 2 aliphatic rings. The molecule has 7 heteroatoms. The van der Waals surface area contributed by atoms with Gasteiger partial charge in [0.2, 0.25) is 0 Å². The molecule has 0 N–H and O–H groups in total. The van der Waals surface area contributed by atoms with Gasteiger partial charge in [0.25, 0.3) is 0 Å². The van der Waals surface area contributed by atoms with Gasteiger partial charge in [0, 0.05) is 34.8 Å². The maximum absolute atomic E-state index is 12.1. The molecule has 1 aromatic rings. The summed E-state index contributed by atoms with van der Waals surface area (Å²) < 4.78 is 28.2. The molecule has 0 aromatic heterocycles. The number of rotatable bonds is 8. The second-order valence-corrected chi connectivity index (χ2v) is 9.22. The zero-order valence-electron chi connectivity index (χ0n) is 17.3. The van der Waals surface area contributed by atoms with E-state index in [1.807, 2.05) is 18.2 Å². The molecular weight excluding hydrogens is 392 g/mol. The molecule has 0 saturated carbocycles. The van der Waals surface area contributed by atoms with Crippen LogP contribution in [0.15, 0.2) is 47.1 Å². The molecule has 160 valence electrons. The summed E-state index contributed by atoms with van der Waals surface area (Å²) in [4.78, 5) is 13.4. The third kappa shape index (κ3) is 6.74. The monoisotopic (exact) mass is 422 g/mol. The summed E-state index contributed by atoms with van der Waals surface area (Å²) in [5, 5.41) is 0. The van der Waals surface area contributed by atoms with Gasteiger partial charge in [-0.25, -0.2) is 4.79 Å². The van der Waals surface area contributed by atoms with E-state index in [-0.39, 0.29) is 23.6 Å². The lowest BCUT2D eigenvalue weighted by molar-refractivity contribution is -0.229. The van der Waals surface area contributed by atoms with Crippen LogP contribution in [0.1, 0.15) is 26.7 Å². The highest BCUT2D eigenvalue weighted by atomic mass is 32.2. The lowest BCUT2D eigenvalue weighted by Gasteiger charge is -2.37. The summed E-state index contributed by atoms with van der Waals surface area (Å²) in [6, 6.07) is 10.2. The standard InChI is InChI=1S/C22H30O6S/c1-22(2)14-27-20(28-15-22)12-16-11-19(26-13-18(16)21(23)24-3)25-9-10-29-17-7-5-4-6-8-17/h4-8,13,16,19-20H,9-12,14-15H2,1-3H3/t16-,19+/m1/s1. The molecule has 0 spiro atoms. The Morgan fingerprint density at radius 1 is 1.21 bits per heavy atom. The van der Waals surface area contributed by atoms with Crippen molar-refractivity contribution in [2.24, 2.45) is 11.3 Å². The van der Waals surface area contributed by atoms with Crippen molar-refractivity contribution in [2.75, 3.05) is 32.7 Å². The quantitative estimate of drug-likeness (QED) is 0.356. The van der Waals surface area contributed by atoms with Crippen molar-refractivity contribution >= 4 is 17.7 Å². The molecule has 1 saturated heterocycles. The number of thioether (sulfide) groups is 1. The van der Waals surface area contributed by atoms with E-state index >= 15 is 0 Å². The predicted octanol–water partition coefficient (Wildman–Crippen LogP) is 4.00. The molecule has 1 aromatic carbocycles. The van der Waals surface area contributed by atoms with Gasteiger partial charge in [-0.1, -0.05) is 32.0 Å². The Balaban J connectivity index is 1.50. The molecule has 1 fully saturated rings. The minimum atomic E-state index is -0.398. The Kier molecular flexibility index (Phi) is 8.00. The zero-order chi connectivity index (χ0) is 20.7. The molecule has 2 atom stereocenters. The lowest BCUT2D eigenvalue weighted by atomic mass is 9.90. The molecule has 0 aliphatic carbocycles. The number of carbonyl (C=O) groups is 1. The van der Waals surface area contributed by atoms with E-state index < -0.39 is 6.29 Å². The molecule has 3 rings (SSSR count). The Morgan fingerprint density at radius 3 is 2.62 bits per heavy atom. The third-order valence-electron chi connectivity index (χ3n) is 4.88. The van der Waals surface area contributed by atoms with Gasteiger partial charge in [-0.3, -0.25) is 0 Å². The predicted molar refractivity (Wildman–Crippen MR) is 110 cm³/mol. The first kappa shape index (κ1) is 22.2. The van der Waals surface area contributed by atoms with Crippen LogP contribution >= 0.6 is 11.8 Å². The van der Waals surface area contributed by atoms with Crippen molar-refractivity contribution in [3.05, 3.63) is 42.2 Å². The first-order valence-corrected chi connectivity index (χ1v) is 10.9. The van der Waals surface area contributed by atoms with Crippen LogP contribution in [0, 0.1) is 11.3 Å². The molecular formula is C22H30O6S. The lowest BCUT2D eigenvalue weighted by Crippen LogP contribution is -2.40. The average molecular weight is 423 g/mol. The van der Waals surface area contributed by atoms with Crippen molar-refractivity contribution in [2.45, 2.75) is 44.2 Å². The molecule has 0 amide bonds. The van der Waals surface area contributed by atoms with Crippen molar-refractivity contribution in [1.29, 1.82) is 0 Å². The molecule has 0 unspecified atom stereocenters. The van der Waals surface area contributed by atoms with E-state index in [9.17, 15) is 4.79 Å².